The number of nitrogens with one attached hydrogen (secondary N) is 2. The van der Waals surface area contributed by atoms with Gasteiger partial charge >= 0.3 is 0 Å². The molecule has 130 valence electrons. The topological polar surface area (TPSA) is 58.2 Å². The number of amides is 2. The lowest BCUT2D eigenvalue weighted by Gasteiger charge is -2.15. The SMILES string of the molecule is CC(=O)N[C@H]1CCc2c(C(=O)Nc3ccc(F)c(Cl)c3)ccc(F)c21. The van der Waals surface area contributed by atoms with Crippen molar-refractivity contribution in [3.8, 4) is 0 Å². The Bertz CT molecular complexity index is 870. The molecule has 1 aliphatic carbocycles. The van der Waals surface area contributed by atoms with Gasteiger partial charge in [0.05, 0.1) is 11.1 Å². The fourth-order valence-electron chi connectivity index (χ4n) is 3.09. The molecule has 1 aliphatic rings. The molecular formula is C18H15ClF2N2O2. The minimum atomic E-state index is -0.583. The first-order chi connectivity index (χ1) is 11.9. The summed E-state index contributed by atoms with van der Waals surface area (Å²) in [5, 5.41) is 5.23. The summed E-state index contributed by atoms with van der Waals surface area (Å²) in [6, 6.07) is 6.03. The molecule has 0 heterocycles. The number of rotatable bonds is 3. The van der Waals surface area contributed by atoms with E-state index >= 15 is 0 Å². The monoisotopic (exact) mass is 364 g/mol. The Morgan fingerprint density at radius 1 is 1.16 bits per heavy atom. The van der Waals surface area contributed by atoms with Crippen molar-refractivity contribution in [1.29, 1.82) is 0 Å². The maximum atomic E-state index is 14.2. The molecule has 0 saturated carbocycles. The molecule has 0 aliphatic heterocycles. The second kappa shape index (κ2) is 6.80. The van der Waals surface area contributed by atoms with Crippen molar-refractivity contribution >= 4 is 29.1 Å². The minimum Gasteiger partial charge on any atom is -0.349 e. The zero-order chi connectivity index (χ0) is 18.1. The zero-order valence-electron chi connectivity index (χ0n) is 13.3. The highest BCUT2D eigenvalue weighted by atomic mass is 35.5. The van der Waals surface area contributed by atoms with Gasteiger partial charge in [-0.05, 0) is 48.7 Å². The molecule has 1 atom stereocenters. The van der Waals surface area contributed by atoms with Crippen LogP contribution in [0.4, 0.5) is 14.5 Å². The average molecular weight is 365 g/mol. The molecule has 0 bridgehead atoms. The van der Waals surface area contributed by atoms with E-state index in [1.54, 1.807) is 0 Å². The van der Waals surface area contributed by atoms with E-state index in [0.717, 1.165) is 6.07 Å². The number of carbonyl (C=O) groups excluding carboxylic acids is 2. The van der Waals surface area contributed by atoms with E-state index in [1.165, 1.54) is 31.2 Å². The van der Waals surface area contributed by atoms with Crippen LogP contribution in [0.3, 0.4) is 0 Å². The Morgan fingerprint density at radius 2 is 1.88 bits per heavy atom. The molecule has 2 aromatic rings. The van der Waals surface area contributed by atoms with E-state index in [1.807, 2.05) is 0 Å². The fourth-order valence-corrected chi connectivity index (χ4v) is 3.27. The number of hydrogen-bond acceptors (Lipinski definition) is 2. The van der Waals surface area contributed by atoms with Crippen LogP contribution in [-0.2, 0) is 11.2 Å². The van der Waals surface area contributed by atoms with Crippen LogP contribution in [0.5, 0.6) is 0 Å². The lowest BCUT2D eigenvalue weighted by molar-refractivity contribution is -0.119. The van der Waals surface area contributed by atoms with E-state index in [-0.39, 0.29) is 10.9 Å². The van der Waals surface area contributed by atoms with Crippen LogP contribution in [0.25, 0.3) is 0 Å². The summed E-state index contributed by atoms with van der Waals surface area (Å²) in [5.74, 6) is -1.73. The molecule has 0 aromatic heterocycles. The summed E-state index contributed by atoms with van der Waals surface area (Å²) in [5.41, 5.74) is 1.58. The first kappa shape index (κ1) is 17.4. The van der Waals surface area contributed by atoms with E-state index in [4.69, 9.17) is 11.6 Å². The van der Waals surface area contributed by atoms with Crippen LogP contribution < -0.4 is 10.6 Å². The normalized spacial score (nSPS) is 15.6. The van der Waals surface area contributed by atoms with Gasteiger partial charge in [0, 0.05) is 23.7 Å². The molecule has 0 radical (unpaired) electrons. The van der Waals surface area contributed by atoms with E-state index in [0.29, 0.717) is 35.2 Å². The second-order valence-corrected chi connectivity index (χ2v) is 6.27. The van der Waals surface area contributed by atoms with E-state index in [2.05, 4.69) is 10.6 Å². The first-order valence-electron chi connectivity index (χ1n) is 7.71. The summed E-state index contributed by atoms with van der Waals surface area (Å²) in [4.78, 5) is 23.8. The Balaban J connectivity index is 1.90. The van der Waals surface area contributed by atoms with Crippen LogP contribution in [0, 0.1) is 11.6 Å². The molecule has 4 nitrogen and oxygen atoms in total. The van der Waals surface area contributed by atoms with Crippen molar-refractivity contribution in [2.24, 2.45) is 0 Å². The smallest absolute Gasteiger partial charge is 0.255 e. The third-order valence-electron chi connectivity index (χ3n) is 4.13. The van der Waals surface area contributed by atoms with Crippen LogP contribution in [0.2, 0.25) is 5.02 Å². The fraction of sp³-hybridized carbons (Fsp3) is 0.222. The number of benzene rings is 2. The van der Waals surface area contributed by atoms with Gasteiger partial charge in [0.2, 0.25) is 5.91 Å². The zero-order valence-corrected chi connectivity index (χ0v) is 14.1. The Morgan fingerprint density at radius 3 is 2.56 bits per heavy atom. The summed E-state index contributed by atoms with van der Waals surface area (Å²) >= 11 is 5.71. The van der Waals surface area contributed by atoms with Gasteiger partial charge in [0.1, 0.15) is 11.6 Å². The van der Waals surface area contributed by atoms with Crippen molar-refractivity contribution in [3.63, 3.8) is 0 Å². The molecule has 2 N–H and O–H groups in total. The van der Waals surface area contributed by atoms with Crippen molar-refractivity contribution in [3.05, 3.63) is 63.7 Å². The van der Waals surface area contributed by atoms with Gasteiger partial charge in [-0.2, -0.15) is 0 Å². The molecule has 0 spiro atoms. The summed E-state index contributed by atoms with van der Waals surface area (Å²) in [7, 11) is 0. The number of anilines is 1. The molecule has 0 saturated heterocycles. The molecule has 25 heavy (non-hydrogen) atoms. The van der Waals surface area contributed by atoms with Gasteiger partial charge in [-0.15, -0.1) is 0 Å². The third-order valence-corrected chi connectivity index (χ3v) is 4.42. The number of fused-ring (bicyclic) bond motifs is 1. The van der Waals surface area contributed by atoms with Gasteiger partial charge < -0.3 is 10.6 Å². The highest BCUT2D eigenvalue weighted by Gasteiger charge is 2.30. The second-order valence-electron chi connectivity index (χ2n) is 5.86. The van der Waals surface area contributed by atoms with Crippen molar-refractivity contribution in [1.82, 2.24) is 5.32 Å². The maximum Gasteiger partial charge on any atom is 0.255 e. The van der Waals surface area contributed by atoms with Crippen LogP contribution in [0.15, 0.2) is 30.3 Å². The average Bonchev–Trinajstić information content (AvgIpc) is 2.95. The summed E-state index contributed by atoms with van der Waals surface area (Å²) < 4.78 is 27.4. The Kier molecular flexibility index (Phi) is 4.72. The predicted octanol–water partition coefficient (Wildman–Crippen LogP) is 3.99. The highest BCUT2D eigenvalue weighted by molar-refractivity contribution is 6.31. The molecule has 7 heteroatoms. The Hall–Kier alpha value is -2.47. The van der Waals surface area contributed by atoms with Gasteiger partial charge in [-0.1, -0.05) is 11.6 Å². The van der Waals surface area contributed by atoms with Gasteiger partial charge in [-0.3, -0.25) is 9.59 Å². The van der Waals surface area contributed by atoms with Crippen LogP contribution in [0.1, 0.15) is 40.9 Å². The number of hydrogen-bond donors (Lipinski definition) is 2. The molecule has 0 fully saturated rings. The van der Waals surface area contributed by atoms with Crippen molar-refractivity contribution < 1.29 is 18.4 Å². The number of halogens is 3. The van der Waals surface area contributed by atoms with E-state index in [9.17, 15) is 18.4 Å². The van der Waals surface area contributed by atoms with Crippen molar-refractivity contribution in [2.45, 2.75) is 25.8 Å². The standard InChI is InChI=1S/C18H15ClF2N2O2/c1-9(24)22-16-7-4-11-12(3-6-15(21)17(11)16)18(25)23-10-2-5-14(20)13(19)8-10/h2-3,5-6,8,16H,4,7H2,1H3,(H,22,24)(H,23,25)/t16-/m0/s1. The predicted molar refractivity (Wildman–Crippen MR) is 90.6 cm³/mol. The largest absolute Gasteiger partial charge is 0.349 e. The lowest BCUT2D eigenvalue weighted by Crippen LogP contribution is -2.25. The highest BCUT2D eigenvalue weighted by Crippen LogP contribution is 2.35. The van der Waals surface area contributed by atoms with E-state index < -0.39 is 23.6 Å². The molecule has 2 aromatic carbocycles. The molecule has 3 rings (SSSR count). The van der Waals surface area contributed by atoms with Crippen LogP contribution >= 0.6 is 11.6 Å². The third kappa shape index (κ3) is 3.49. The molecule has 0 unspecified atom stereocenters. The number of carbonyl (C=O) groups is 2. The van der Waals surface area contributed by atoms with Gasteiger partial charge in [0.25, 0.3) is 5.91 Å². The van der Waals surface area contributed by atoms with Crippen molar-refractivity contribution in [2.75, 3.05) is 5.32 Å². The summed E-state index contributed by atoms with van der Waals surface area (Å²) in [6.45, 7) is 1.37. The van der Waals surface area contributed by atoms with Gasteiger partial charge in [0.15, 0.2) is 0 Å². The quantitative estimate of drug-likeness (QED) is 0.865. The summed E-state index contributed by atoms with van der Waals surface area (Å²) in [6.07, 6.45) is 1.00. The minimum absolute atomic E-state index is 0.104. The lowest BCUT2D eigenvalue weighted by atomic mass is 10.0. The first-order valence-corrected chi connectivity index (χ1v) is 8.09. The van der Waals surface area contributed by atoms with Crippen LogP contribution in [-0.4, -0.2) is 11.8 Å². The van der Waals surface area contributed by atoms with Gasteiger partial charge in [-0.25, -0.2) is 8.78 Å². The Labute approximate surface area is 148 Å². The maximum absolute atomic E-state index is 14.2. The molecule has 2 amide bonds. The molecular weight excluding hydrogens is 350 g/mol.